The second-order valence-corrected chi connectivity index (χ2v) is 7.43. The second kappa shape index (κ2) is 4.56. The van der Waals surface area contributed by atoms with Crippen molar-refractivity contribution in [1.29, 1.82) is 0 Å². The molecule has 11 heavy (non-hydrogen) atoms. The zero-order valence-electron chi connectivity index (χ0n) is 4.88. The molecule has 0 N–H and O–H groups in total. The SMILES string of the molecule is O=Pc1c(I)sc(I)c1P=O. The Morgan fingerprint density at radius 3 is 1.64 bits per heavy atom. The highest BCUT2D eigenvalue weighted by atomic mass is 127. The second-order valence-electron chi connectivity index (χ2n) is 1.53. The molecule has 0 amide bonds. The molecule has 0 unspecified atom stereocenters. The molecule has 0 saturated carbocycles. The molecule has 0 spiro atoms. The first-order valence-corrected chi connectivity index (χ1v) is 6.95. The summed E-state index contributed by atoms with van der Waals surface area (Å²) in [5.74, 6) is 0. The van der Waals surface area contributed by atoms with Gasteiger partial charge in [-0.1, -0.05) is 0 Å². The number of hydrogen-bond donors (Lipinski definition) is 0. The predicted octanol–water partition coefficient (Wildman–Crippen LogP) is 2.79. The molecule has 1 aromatic rings. The highest BCUT2D eigenvalue weighted by molar-refractivity contribution is 14.1. The van der Waals surface area contributed by atoms with Crippen LogP contribution in [0.3, 0.4) is 0 Å². The molecule has 0 atom stereocenters. The van der Waals surface area contributed by atoms with Crippen molar-refractivity contribution in [2.24, 2.45) is 0 Å². The number of rotatable bonds is 2. The minimum absolute atomic E-state index is 0.0474. The monoisotopic (exact) mass is 428 g/mol. The van der Waals surface area contributed by atoms with E-state index in [4.69, 9.17) is 0 Å². The van der Waals surface area contributed by atoms with Crippen molar-refractivity contribution in [3.8, 4) is 0 Å². The van der Waals surface area contributed by atoms with Crippen LogP contribution in [0.1, 0.15) is 0 Å². The number of thiophene rings is 1. The predicted molar refractivity (Wildman–Crippen MR) is 64.2 cm³/mol. The van der Waals surface area contributed by atoms with Crippen LogP contribution in [0, 0.1) is 5.77 Å². The Bertz CT molecular complexity index is 283. The van der Waals surface area contributed by atoms with Gasteiger partial charge < -0.3 is 0 Å². The van der Waals surface area contributed by atoms with Crippen LogP contribution in [0.2, 0.25) is 0 Å². The van der Waals surface area contributed by atoms with Gasteiger partial charge >= 0.3 is 0 Å². The molecule has 0 aliphatic heterocycles. The number of halogens is 2. The maximum Gasteiger partial charge on any atom is 0.195 e. The molecule has 0 aliphatic carbocycles. The molecule has 0 bridgehead atoms. The molecule has 2 nitrogen and oxygen atoms in total. The summed E-state index contributed by atoms with van der Waals surface area (Å²) in [6.45, 7) is 0. The van der Waals surface area contributed by atoms with Crippen LogP contribution < -0.4 is 10.6 Å². The Morgan fingerprint density at radius 1 is 1.00 bits per heavy atom. The van der Waals surface area contributed by atoms with Crippen LogP contribution in [0.25, 0.3) is 0 Å². The summed E-state index contributed by atoms with van der Waals surface area (Å²) in [7, 11) is -0.0948. The first-order chi connectivity index (χ1) is 5.20. The molecule has 7 heteroatoms. The normalized spacial score (nSPS) is 11.1. The molecule has 0 fully saturated rings. The Hall–Kier alpha value is 1.36. The third-order valence-electron chi connectivity index (χ3n) is 0.958. The van der Waals surface area contributed by atoms with Crippen molar-refractivity contribution >= 4 is 84.0 Å². The molecule has 1 aromatic heterocycles. The topological polar surface area (TPSA) is 34.1 Å². The lowest BCUT2D eigenvalue weighted by atomic mass is 10.7. The van der Waals surface area contributed by atoms with E-state index < -0.39 is 0 Å². The van der Waals surface area contributed by atoms with Crippen molar-refractivity contribution in [3.05, 3.63) is 5.77 Å². The van der Waals surface area contributed by atoms with E-state index in [-0.39, 0.29) is 16.9 Å². The van der Waals surface area contributed by atoms with Crippen LogP contribution >= 0.6 is 73.4 Å². The van der Waals surface area contributed by atoms with Gasteiger partial charge in [0.05, 0.1) is 16.4 Å². The van der Waals surface area contributed by atoms with Gasteiger partial charge in [-0.25, -0.2) is 0 Å². The van der Waals surface area contributed by atoms with Gasteiger partial charge in [0.15, 0.2) is 16.9 Å². The maximum absolute atomic E-state index is 10.6. The Morgan fingerprint density at radius 2 is 1.36 bits per heavy atom. The van der Waals surface area contributed by atoms with Crippen LogP contribution in [0.4, 0.5) is 0 Å². The summed E-state index contributed by atoms with van der Waals surface area (Å²) in [4.78, 5) is 0. The van der Waals surface area contributed by atoms with E-state index in [9.17, 15) is 9.13 Å². The van der Waals surface area contributed by atoms with Gasteiger partial charge in [0.1, 0.15) is 0 Å². The molecule has 58 valence electrons. The average Bonchev–Trinajstić information content (AvgIpc) is 2.24. The Kier molecular flexibility index (Phi) is 4.32. The van der Waals surface area contributed by atoms with Crippen LogP contribution in [-0.4, -0.2) is 0 Å². The van der Waals surface area contributed by atoms with Gasteiger partial charge in [0.25, 0.3) is 0 Å². The van der Waals surface area contributed by atoms with Gasteiger partial charge in [0, 0.05) is 0 Å². The minimum atomic E-state index is -0.0474. The van der Waals surface area contributed by atoms with Crippen molar-refractivity contribution in [1.82, 2.24) is 0 Å². The quantitative estimate of drug-likeness (QED) is 0.537. The summed E-state index contributed by atoms with van der Waals surface area (Å²) in [6, 6.07) is 0. The Balaban J connectivity index is 3.39. The van der Waals surface area contributed by atoms with E-state index in [1.807, 2.05) is 0 Å². The standard InChI is InChI=1S/C4I2O2P2S/c5-3-1(9-7)2(10-8)4(6)11-3. The average molecular weight is 428 g/mol. The van der Waals surface area contributed by atoms with Crippen molar-refractivity contribution in [2.45, 2.75) is 0 Å². The maximum atomic E-state index is 10.6. The largest absolute Gasteiger partial charge is 0.269 e. The van der Waals surface area contributed by atoms with Crippen molar-refractivity contribution < 1.29 is 9.13 Å². The lowest BCUT2D eigenvalue weighted by Crippen LogP contribution is -2.10. The van der Waals surface area contributed by atoms with Gasteiger partial charge in [-0.2, -0.15) is 0 Å². The third-order valence-corrected chi connectivity index (χ3v) is 6.72. The highest BCUT2D eigenvalue weighted by Crippen LogP contribution is 2.22. The fraction of sp³-hybridized carbons (Fsp3) is 0. The molecule has 1 heterocycles. The van der Waals surface area contributed by atoms with Crippen molar-refractivity contribution in [3.63, 3.8) is 0 Å². The van der Waals surface area contributed by atoms with Crippen LogP contribution in [0.15, 0.2) is 0 Å². The summed E-state index contributed by atoms with van der Waals surface area (Å²) in [6.07, 6.45) is 0. The molecular weight excluding hydrogens is 428 g/mol. The summed E-state index contributed by atoms with van der Waals surface area (Å²) < 4.78 is 23.0. The van der Waals surface area contributed by atoms with E-state index >= 15 is 0 Å². The fourth-order valence-electron chi connectivity index (χ4n) is 0.520. The van der Waals surface area contributed by atoms with E-state index in [1.54, 1.807) is 0 Å². The van der Waals surface area contributed by atoms with E-state index in [1.165, 1.54) is 11.3 Å². The van der Waals surface area contributed by atoms with E-state index in [0.29, 0.717) is 10.6 Å². The zero-order chi connectivity index (χ0) is 8.43. The summed E-state index contributed by atoms with van der Waals surface area (Å²) >= 11 is 5.69. The van der Waals surface area contributed by atoms with Gasteiger partial charge in [-0.15, -0.1) is 11.3 Å². The molecule has 1 rings (SSSR count). The molecular formula is C4I2O2P2S. The Labute approximate surface area is 97.8 Å². The lowest BCUT2D eigenvalue weighted by Gasteiger charge is -1.82. The van der Waals surface area contributed by atoms with Crippen molar-refractivity contribution in [2.75, 3.05) is 0 Å². The summed E-state index contributed by atoms with van der Waals surface area (Å²) in [5.41, 5.74) is 0. The van der Waals surface area contributed by atoms with Gasteiger partial charge in [0.2, 0.25) is 0 Å². The molecule has 0 aliphatic rings. The summed E-state index contributed by atoms with van der Waals surface area (Å²) in [5, 5.41) is 1.33. The highest BCUT2D eigenvalue weighted by Gasteiger charge is 2.14. The third kappa shape index (κ3) is 2.18. The lowest BCUT2D eigenvalue weighted by molar-refractivity contribution is 0.601. The van der Waals surface area contributed by atoms with E-state index in [0.717, 1.165) is 5.77 Å². The molecule has 0 radical (unpaired) electrons. The minimum Gasteiger partial charge on any atom is -0.269 e. The fourth-order valence-corrected chi connectivity index (χ4v) is 6.65. The zero-order valence-corrected chi connectivity index (χ0v) is 11.8. The first kappa shape index (κ1) is 10.4. The molecule has 0 aromatic carbocycles. The molecule has 0 saturated heterocycles. The van der Waals surface area contributed by atoms with Crippen LogP contribution in [-0.2, 0) is 9.13 Å². The van der Waals surface area contributed by atoms with Crippen LogP contribution in [0.5, 0.6) is 0 Å². The smallest absolute Gasteiger partial charge is 0.195 e. The van der Waals surface area contributed by atoms with Gasteiger partial charge in [-0.05, 0) is 45.2 Å². The van der Waals surface area contributed by atoms with Gasteiger partial charge in [-0.3, -0.25) is 9.13 Å². The number of hydrogen-bond acceptors (Lipinski definition) is 3. The van der Waals surface area contributed by atoms with E-state index in [2.05, 4.69) is 45.2 Å². The first-order valence-electron chi connectivity index (χ1n) is 2.35.